The highest BCUT2D eigenvalue weighted by atomic mass is 19.4. The van der Waals surface area contributed by atoms with Gasteiger partial charge < -0.3 is 10.6 Å². The molecule has 100 valence electrons. The Hall–Kier alpha value is -1.72. The zero-order chi connectivity index (χ0) is 13.9. The molecule has 0 aliphatic carbocycles. The minimum absolute atomic E-state index is 0.103. The summed E-state index contributed by atoms with van der Waals surface area (Å²) in [6, 6.07) is 5.91. The first-order chi connectivity index (χ1) is 8.20. The molecule has 0 saturated carbocycles. The number of nitrogens with two attached hydrogens (primary N) is 1. The molecular weight excluding hydrogens is 243 g/mol. The monoisotopic (exact) mass is 259 g/mol. The molecule has 0 atom stereocenters. The van der Waals surface area contributed by atoms with Crippen molar-refractivity contribution in [1.82, 2.24) is 0 Å². The number of hydrogen-bond acceptors (Lipinski definition) is 2. The van der Waals surface area contributed by atoms with Crippen molar-refractivity contribution in [3.8, 4) is 0 Å². The second-order valence-corrected chi connectivity index (χ2v) is 4.30. The van der Waals surface area contributed by atoms with Crippen molar-refractivity contribution in [2.45, 2.75) is 26.1 Å². The van der Waals surface area contributed by atoms with Gasteiger partial charge in [-0.05, 0) is 38.1 Å². The van der Waals surface area contributed by atoms with Gasteiger partial charge in [0, 0.05) is 17.3 Å². The van der Waals surface area contributed by atoms with Gasteiger partial charge in [-0.2, -0.15) is 13.2 Å². The Labute approximate surface area is 104 Å². The van der Waals surface area contributed by atoms with Gasteiger partial charge in [-0.15, -0.1) is 0 Å². The molecule has 0 aliphatic rings. The van der Waals surface area contributed by atoms with Crippen molar-refractivity contribution < 1.29 is 13.2 Å². The Balaban J connectivity index is 2.96. The van der Waals surface area contributed by atoms with Crippen molar-refractivity contribution in [3.63, 3.8) is 0 Å². The van der Waals surface area contributed by atoms with Gasteiger partial charge >= 0.3 is 6.18 Å². The molecule has 0 aliphatic heterocycles. The molecule has 0 aromatic heterocycles. The average Bonchev–Trinajstić information content (AvgIpc) is 2.24. The normalized spacial score (nSPS) is 11.7. The third-order valence-corrected chi connectivity index (χ3v) is 2.48. The van der Waals surface area contributed by atoms with E-state index in [4.69, 9.17) is 11.1 Å². The zero-order valence-electron chi connectivity index (χ0n) is 10.3. The van der Waals surface area contributed by atoms with Crippen LogP contribution in [0, 0.1) is 5.41 Å². The molecule has 0 fully saturated rings. The van der Waals surface area contributed by atoms with Crippen molar-refractivity contribution >= 4 is 11.5 Å². The Kier molecular flexibility index (Phi) is 4.21. The molecular formula is C12H16F3N3. The van der Waals surface area contributed by atoms with E-state index in [1.54, 1.807) is 38.1 Å². The van der Waals surface area contributed by atoms with E-state index in [1.165, 1.54) is 4.90 Å². The van der Waals surface area contributed by atoms with Crippen LogP contribution in [0.4, 0.5) is 18.9 Å². The Bertz CT molecular complexity index is 410. The molecule has 0 unspecified atom stereocenters. The summed E-state index contributed by atoms with van der Waals surface area (Å²) >= 11 is 0. The Morgan fingerprint density at radius 2 is 1.78 bits per heavy atom. The molecule has 1 rings (SSSR count). The molecule has 18 heavy (non-hydrogen) atoms. The minimum atomic E-state index is -4.25. The van der Waals surface area contributed by atoms with Crippen LogP contribution < -0.4 is 10.6 Å². The highest BCUT2D eigenvalue weighted by Crippen LogP contribution is 2.24. The van der Waals surface area contributed by atoms with Gasteiger partial charge in [-0.1, -0.05) is 0 Å². The molecule has 6 heteroatoms. The smallest absolute Gasteiger partial charge is 0.384 e. The first kappa shape index (κ1) is 14.3. The number of amidine groups is 1. The maximum absolute atomic E-state index is 12.5. The van der Waals surface area contributed by atoms with E-state index in [1.807, 2.05) is 0 Å². The van der Waals surface area contributed by atoms with E-state index >= 15 is 0 Å². The lowest BCUT2D eigenvalue weighted by atomic mass is 10.1. The van der Waals surface area contributed by atoms with E-state index in [0.29, 0.717) is 11.3 Å². The van der Waals surface area contributed by atoms with Gasteiger partial charge in [0.25, 0.3) is 0 Å². The van der Waals surface area contributed by atoms with Crippen LogP contribution in [0.3, 0.4) is 0 Å². The van der Waals surface area contributed by atoms with Crippen LogP contribution in [0.25, 0.3) is 0 Å². The maximum Gasteiger partial charge on any atom is 0.405 e. The summed E-state index contributed by atoms with van der Waals surface area (Å²) in [5.74, 6) is -0.103. The molecule has 1 aromatic rings. The van der Waals surface area contributed by atoms with Gasteiger partial charge in [0.15, 0.2) is 0 Å². The second kappa shape index (κ2) is 5.29. The van der Waals surface area contributed by atoms with E-state index < -0.39 is 12.7 Å². The number of halogens is 3. The first-order valence-electron chi connectivity index (χ1n) is 5.48. The molecule has 0 amide bonds. The number of anilines is 1. The van der Waals surface area contributed by atoms with Gasteiger partial charge in [0.2, 0.25) is 0 Å². The number of nitrogens with one attached hydrogen (secondary N) is 1. The lowest BCUT2D eigenvalue weighted by Crippen LogP contribution is -2.39. The maximum atomic E-state index is 12.5. The van der Waals surface area contributed by atoms with E-state index in [2.05, 4.69) is 0 Å². The highest BCUT2D eigenvalue weighted by molar-refractivity contribution is 5.95. The van der Waals surface area contributed by atoms with Crippen LogP contribution in [0.2, 0.25) is 0 Å². The third kappa shape index (κ3) is 3.94. The van der Waals surface area contributed by atoms with Gasteiger partial charge in [0.1, 0.15) is 12.4 Å². The molecule has 3 N–H and O–H groups in total. The summed E-state index contributed by atoms with van der Waals surface area (Å²) in [6.45, 7) is 2.40. The zero-order valence-corrected chi connectivity index (χ0v) is 10.3. The first-order valence-corrected chi connectivity index (χ1v) is 5.48. The molecule has 0 radical (unpaired) electrons. The molecule has 0 bridgehead atoms. The van der Waals surface area contributed by atoms with Crippen LogP contribution >= 0.6 is 0 Å². The van der Waals surface area contributed by atoms with Crippen molar-refractivity contribution in [3.05, 3.63) is 29.8 Å². The van der Waals surface area contributed by atoms with Crippen molar-refractivity contribution in [2.24, 2.45) is 5.73 Å². The molecule has 1 aromatic carbocycles. The second-order valence-electron chi connectivity index (χ2n) is 4.30. The lowest BCUT2D eigenvalue weighted by Gasteiger charge is -2.30. The van der Waals surface area contributed by atoms with Crippen LogP contribution in [-0.4, -0.2) is 24.6 Å². The molecule has 0 spiro atoms. The summed E-state index contributed by atoms with van der Waals surface area (Å²) in [7, 11) is 0. The fourth-order valence-corrected chi connectivity index (χ4v) is 1.60. The Morgan fingerprint density at radius 1 is 1.28 bits per heavy atom. The number of hydrogen-bond donors (Lipinski definition) is 2. The number of rotatable bonds is 4. The van der Waals surface area contributed by atoms with E-state index in [9.17, 15) is 13.2 Å². The van der Waals surface area contributed by atoms with Gasteiger partial charge in [-0.3, -0.25) is 5.41 Å². The van der Waals surface area contributed by atoms with Crippen LogP contribution in [0.15, 0.2) is 24.3 Å². The summed E-state index contributed by atoms with van der Waals surface area (Å²) in [5.41, 5.74) is 6.25. The van der Waals surface area contributed by atoms with Crippen molar-refractivity contribution in [1.29, 1.82) is 5.41 Å². The SMILES string of the molecule is CC(C)N(CC(F)(F)F)c1ccc(C(=N)N)cc1. The quantitative estimate of drug-likeness (QED) is 0.645. The van der Waals surface area contributed by atoms with Crippen LogP contribution in [-0.2, 0) is 0 Å². The van der Waals surface area contributed by atoms with Crippen LogP contribution in [0.1, 0.15) is 19.4 Å². The highest BCUT2D eigenvalue weighted by Gasteiger charge is 2.31. The van der Waals surface area contributed by atoms with Gasteiger partial charge in [0.05, 0.1) is 0 Å². The summed E-state index contributed by atoms with van der Waals surface area (Å²) in [5, 5.41) is 7.23. The topological polar surface area (TPSA) is 53.1 Å². The standard InChI is InChI=1S/C12H16F3N3/c1-8(2)18(7-12(13,14)15)10-5-3-9(4-6-10)11(16)17/h3-6,8H,7H2,1-2H3,(H3,16,17). The Morgan fingerprint density at radius 3 is 2.11 bits per heavy atom. The summed E-state index contributed by atoms with van der Waals surface area (Å²) < 4.78 is 37.4. The number of nitrogen functional groups attached to an aromatic ring is 1. The van der Waals surface area contributed by atoms with E-state index in [0.717, 1.165) is 0 Å². The minimum Gasteiger partial charge on any atom is -0.384 e. The number of alkyl halides is 3. The average molecular weight is 259 g/mol. The predicted molar refractivity (Wildman–Crippen MR) is 66.0 cm³/mol. The van der Waals surface area contributed by atoms with Crippen LogP contribution in [0.5, 0.6) is 0 Å². The van der Waals surface area contributed by atoms with E-state index in [-0.39, 0.29) is 11.9 Å². The van der Waals surface area contributed by atoms with Gasteiger partial charge in [-0.25, -0.2) is 0 Å². The fraction of sp³-hybridized carbons (Fsp3) is 0.417. The predicted octanol–water partition coefficient (Wildman–Crippen LogP) is 2.75. The molecule has 0 saturated heterocycles. The summed E-state index contributed by atoms with van der Waals surface area (Å²) in [6.07, 6.45) is -4.25. The third-order valence-electron chi connectivity index (χ3n) is 2.48. The number of nitrogens with zero attached hydrogens (tertiary/aromatic N) is 1. The fourth-order valence-electron chi connectivity index (χ4n) is 1.60. The number of benzene rings is 1. The molecule has 3 nitrogen and oxygen atoms in total. The lowest BCUT2D eigenvalue weighted by molar-refractivity contribution is -0.120. The van der Waals surface area contributed by atoms with Crippen molar-refractivity contribution in [2.75, 3.05) is 11.4 Å². The summed E-state index contributed by atoms with van der Waals surface area (Å²) in [4.78, 5) is 1.25. The largest absolute Gasteiger partial charge is 0.405 e. The molecule has 0 heterocycles.